The van der Waals surface area contributed by atoms with Crippen LogP contribution in [0, 0.1) is 0 Å². The summed E-state index contributed by atoms with van der Waals surface area (Å²) in [5, 5.41) is 3.41. The van der Waals surface area contributed by atoms with E-state index in [1.165, 1.54) is 22.9 Å². The fourth-order valence-electron chi connectivity index (χ4n) is 2.65. The Morgan fingerprint density at radius 1 is 1.39 bits per heavy atom. The lowest BCUT2D eigenvalue weighted by Crippen LogP contribution is -2.29. The van der Waals surface area contributed by atoms with Crippen molar-refractivity contribution in [3.05, 3.63) is 46.7 Å². The summed E-state index contributed by atoms with van der Waals surface area (Å²) in [6, 6.07) is 4.06. The van der Waals surface area contributed by atoms with Crippen LogP contribution in [0.25, 0.3) is 6.08 Å². The van der Waals surface area contributed by atoms with Gasteiger partial charge in [0.15, 0.2) is 5.13 Å². The van der Waals surface area contributed by atoms with Crippen molar-refractivity contribution in [1.82, 2.24) is 14.9 Å². The van der Waals surface area contributed by atoms with Gasteiger partial charge in [-0.25, -0.2) is 4.98 Å². The minimum Gasteiger partial charge on any atom is -0.302 e. The van der Waals surface area contributed by atoms with E-state index in [0.717, 1.165) is 32.5 Å². The molecule has 0 atom stereocenters. The molecule has 0 spiro atoms. The van der Waals surface area contributed by atoms with E-state index >= 15 is 0 Å². The number of amides is 1. The zero-order valence-corrected chi connectivity index (χ0v) is 14.0. The van der Waals surface area contributed by atoms with Crippen LogP contribution in [0.5, 0.6) is 0 Å². The van der Waals surface area contributed by atoms with Crippen LogP contribution < -0.4 is 5.32 Å². The molecule has 0 bridgehead atoms. The number of carbonyl (C=O) groups excluding carboxylic acids is 1. The molecule has 0 aromatic carbocycles. The van der Waals surface area contributed by atoms with E-state index in [1.54, 1.807) is 17.5 Å². The first-order valence-corrected chi connectivity index (χ1v) is 8.55. The third-order valence-electron chi connectivity index (χ3n) is 3.77. The fraction of sp³-hybridized carbons (Fsp3) is 0.353. The summed E-state index contributed by atoms with van der Waals surface area (Å²) in [4.78, 5) is 23.0. The molecule has 1 aliphatic rings. The highest BCUT2D eigenvalue weighted by molar-refractivity contribution is 7.15. The average molecular weight is 328 g/mol. The summed E-state index contributed by atoms with van der Waals surface area (Å²) in [5.74, 6) is -0.0750. The average Bonchev–Trinajstić information content (AvgIpc) is 2.96. The highest BCUT2D eigenvalue weighted by Gasteiger charge is 2.15. The van der Waals surface area contributed by atoms with Gasteiger partial charge in [0, 0.05) is 50.0 Å². The Hall–Kier alpha value is -2.05. The zero-order chi connectivity index (χ0) is 16.1. The molecule has 23 heavy (non-hydrogen) atoms. The Labute approximate surface area is 140 Å². The van der Waals surface area contributed by atoms with E-state index in [-0.39, 0.29) is 5.91 Å². The molecule has 3 heterocycles. The highest BCUT2D eigenvalue weighted by atomic mass is 32.1. The third-order valence-corrected chi connectivity index (χ3v) is 4.67. The molecule has 2 aromatic heterocycles. The minimum atomic E-state index is -0.0750. The number of pyridine rings is 1. The molecule has 0 radical (unpaired) electrons. The van der Waals surface area contributed by atoms with Crippen molar-refractivity contribution in [3.8, 4) is 0 Å². The zero-order valence-electron chi connectivity index (χ0n) is 13.2. The van der Waals surface area contributed by atoms with Crippen LogP contribution in [0.4, 0.5) is 5.13 Å². The van der Waals surface area contributed by atoms with E-state index in [4.69, 9.17) is 0 Å². The summed E-state index contributed by atoms with van der Waals surface area (Å²) in [6.07, 6.45) is 10.00. The number of carbonyl (C=O) groups is 1. The lowest BCUT2D eigenvalue weighted by Gasteiger charge is -2.27. The molecule has 0 unspecified atom stereocenters. The molecule has 5 nitrogen and oxygen atoms in total. The van der Waals surface area contributed by atoms with Gasteiger partial charge in [-0.05, 0) is 24.5 Å². The summed E-state index contributed by atoms with van der Waals surface area (Å²) < 4.78 is 0. The summed E-state index contributed by atoms with van der Waals surface area (Å²) in [6.45, 7) is 4.51. The van der Waals surface area contributed by atoms with Crippen LogP contribution in [-0.2, 0) is 11.3 Å². The molecular formula is C17H20N4OS. The van der Waals surface area contributed by atoms with Gasteiger partial charge in [0.1, 0.15) is 0 Å². The van der Waals surface area contributed by atoms with E-state index in [0.29, 0.717) is 5.13 Å². The van der Waals surface area contributed by atoms with Gasteiger partial charge in [-0.15, -0.1) is 11.3 Å². The molecule has 1 fully saturated rings. The predicted molar refractivity (Wildman–Crippen MR) is 93.1 cm³/mol. The van der Waals surface area contributed by atoms with Crippen LogP contribution in [0.2, 0.25) is 0 Å². The van der Waals surface area contributed by atoms with Crippen molar-refractivity contribution in [2.24, 2.45) is 0 Å². The maximum absolute atomic E-state index is 11.0. The van der Waals surface area contributed by atoms with Crippen LogP contribution in [-0.4, -0.2) is 33.9 Å². The number of thiazole rings is 1. The van der Waals surface area contributed by atoms with Crippen LogP contribution in [0.15, 0.2) is 36.3 Å². The van der Waals surface area contributed by atoms with Gasteiger partial charge in [0.2, 0.25) is 5.91 Å². The van der Waals surface area contributed by atoms with Gasteiger partial charge in [-0.1, -0.05) is 17.7 Å². The van der Waals surface area contributed by atoms with Gasteiger partial charge in [-0.2, -0.15) is 0 Å². The van der Waals surface area contributed by atoms with Gasteiger partial charge in [0.25, 0.3) is 0 Å². The molecule has 2 aromatic rings. The number of anilines is 1. The predicted octanol–water partition coefficient (Wildman–Crippen LogP) is 3.18. The third kappa shape index (κ3) is 4.71. The Morgan fingerprint density at radius 2 is 2.22 bits per heavy atom. The van der Waals surface area contributed by atoms with E-state index in [1.807, 2.05) is 18.5 Å². The number of likely N-dealkylation sites (tertiary alicyclic amines) is 1. The normalized spacial score (nSPS) is 15.4. The summed E-state index contributed by atoms with van der Waals surface area (Å²) in [5.41, 5.74) is 2.66. The monoisotopic (exact) mass is 328 g/mol. The molecule has 0 aliphatic carbocycles. The second-order valence-electron chi connectivity index (χ2n) is 5.68. The van der Waals surface area contributed by atoms with E-state index in [2.05, 4.69) is 32.3 Å². The maximum Gasteiger partial charge on any atom is 0.223 e. The van der Waals surface area contributed by atoms with Crippen molar-refractivity contribution < 1.29 is 4.79 Å². The first kappa shape index (κ1) is 15.8. The topological polar surface area (TPSA) is 58.1 Å². The summed E-state index contributed by atoms with van der Waals surface area (Å²) >= 11 is 1.55. The number of piperidine rings is 1. The largest absolute Gasteiger partial charge is 0.302 e. The van der Waals surface area contributed by atoms with Crippen molar-refractivity contribution in [3.63, 3.8) is 0 Å². The first-order chi connectivity index (χ1) is 11.2. The van der Waals surface area contributed by atoms with Gasteiger partial charge < -0.3 is 5.32 Å². The Bertz CT molecular complexity index is 686. The molecule has 1 amide bonds. The number of nitrogens with one attached hydrogen (secondary N) is 1. The fourth-order valence-corrected chi connectivity index (χ4v) is 3.55. The Morgan fingerprint density at radius 3 is 2.91 bits per heavy atom. The second-order valence-corrected chi connectivity index (χ2v) is 6.79. The van der Waals surface area contributed by atoms with Gasteiger partial charge >= 0.3 is 0 Å². The lowest BCUT2D eigenvalue weighted by molar-refractivity contribution is -0.114. The SMILES string of the molecule is CC(=O)Nc1ncc(CN2CCC(=Cc3cccnc3)CC2)s1. The van der Waals surface area contributed by atoms with Crippen molar-refractivity contribution >= 4 is 28.5 Å². The second kappa shape index (κ2) is 7.48. The number of hydrogen-bond acceptors (Lipinski definition) is 5. The molecule has 1 N–H and O–H groups in total. The molecule has 6 heteroatoms. The number of aromatic nitrogens is 2. The molecule has 0 saturated carbocycles. The standard InChI is InChI=1S/C17H20N4OS/c1-13(22)20-17-19-11-16(23-17)12-21-7-4-14(5-8-21)9-15-3-2-6-18-10-15/h2-3,6,9-11H,4-5,7-8,12H2,1H3,(H,19,20,22). The van der Waals surface area contributed by atoms with Crippen LogP contribution in [0.3, 0.4) is 0 Å². The quantitative estimate of drug-likeness (QED) is 0.936. The lowest BCUT2D eigenvalue weighted by atomic mass is 10.0. The van der Waals surface area contributed by atoms with Crippen LogP contribution >= 0.6 is 11.3 Å². The smallest absolute Gasteiger partial charge is 0.223 e. The first-order valence-electron chi connectivity index (χ1n) is 7.73. The van der Waals surface area contributed by atoms with E-state index in [9.17, 15) is 4.79 Å². The van der Waals surface area contributed by atoms with Gasteiger partial charge in [0.05, 0.1) is 0 Å². The number of rotatable bonds is 4. The number of hydrogen-bond donors (Lipinski definition) is 1. The van der Waals surface area contributed by atoms with Crippen molar-refractivity contribution in [2.75, 3.05) is 18.4 Å². The summed E-state index contributed by atoms with van der Waals surface area (Å²) in [7, 11) is 0. The molecule has 3 rings (SSSR count). The van der Waals surface area contributed by atoms with Crippen LogP contribution in [0.1, 0.15) is 30.2 Å². The highest BCUT2D eigenvalue weighted by Crippen LogP contribution is 2.24. The molecule has 1 aliphatic heterocycles. The minimum absolute atomic E-state index is 0.0750. The van der Waals surface area contributed by atoms with Crippen molar-refractivity contribution in [2.45, 2.75) is 26.3 Å². The van der Waals surface area contributed by atoms with Gasteiger partial charge in [-0.3, -0.25) is 14.7 Å². The molecule has 1 saturated heterocycles. The number of nitrogens with zero attached hydrogens (tertiary/aromatic N) is 3. The molecule has 120 valence electrons. The Balaban J connectivity index is 1.52. The van der Waals surface area contributed by atoms with E-state index < -0.39 is 0 Å². The van der Waals surface area contributed by atoms with Crippen molar-refractivity contribution in [1.29, 1.82) is 0 Å². The Kier molecular flexibility index (Phi) is 5.15. The molecular weight excluding hydrogens is 308 g/mol. The maximum atomic E-state index is 11.0.